The first-order chi connectivity index (χ1) is 12.0. The predicted octanol–water partition coefficient (Wildman–Crippen LogP) is 2.14. The van der Waals surface area contributed by atoms with Crippen LogP contribution in [0.3, 0.4) is 0 Å². The van der Waals surface area contributed by atoms with Gasteiger partial charge in [0.25, 0.3) is 11.8 Å². The highest BCUT2D eigenvalue weighted by Gasteiger charge is 2.29. The van der Waals surface area contributed by atoms with E-state index in [0.717, 1.165) is 12.0 Å². The average molecular weight is 339 g/mol. The number of ether oxygens (including phenoxy) is 1. The molecule has 130 valence electrons. The zero-order valence-corrected chi connectivity index (χ0v) is 14.6. The standard InChI is InChI=1S/C19H21N3O3/c1-13-18(23)22(3)16-5-4-15(12-17(16)25-13)19(24)21(2)11-8-14-6-9-20-10-7-14/h4-7,9-10,12-13H,8,11H2,1-3H3. The summed E-state index contributed by atoms with van der Waals surface area (Å²) in [6.07, 6.45) is 3.71. The molecule has 1 aromatic carbocycles. The van der Waals surface area contributed by atoms with Crippen LogP contribution in [-0.2, 0) is 11.2 Å². The van der Waals surface area contributed by atoms with Crippen LogP contribution < -0.4 is 9.64 Å². The fraction of sp³-hybridized carbons (Fsp3) is 0.316. The number of likely N-dealkylation sites (N-methyl/N-ethyl adjacent to an activating group) is 2. The maximum Gasteiger partial charge on any atom is 0.267 e. The summed E-state index contributed by atoms with van der Waals surface area (Å²) in [4.78, 5) is 31.8. The molecule has 1 aliphatic rings. The lowest BCUT2D eigenvalue weighted by atomic mass is 10.1. The minimum atomic E-state index is -0.549. The van der Waals surface area contributed by atoms with Gasteiger partial charge < -0.3 is 14.5 Å². The molecule has 0 fully saturated rings. The minimum absolute atomic E-state index is 0.0762. The highest BCUT2D eigenvalue weighted by molar-refractivity contribution is 6.01. The Bertz CT molecular complexity index is 792. The molecule has 6 nitrogen and oxygen atoms in total. The van der Waals surface area contributed by atoms with Crippen LogP contribution in [0.5, 0.6) is 5.75 Å². The predicted molar refractivity (Wildman–Crippen MR) is 94.8 cm³/mol. The largest absolute Gasteiger partial charge is 0.479 e. The van der Waals surface area contributed by atoms with Crippen LogP contribution >= 0.6 is 0 Å². The fourth-order valence-corrected chi connectivity index (χ4v) is 2.82. The van der Waals surface area contributed by atoms with Crippen LogP contribution in [-0.4, -0.2) is 48.4 Å². The Morgan fingerprint density at radius 1 is 1.28 bits per heavy atom. The number of amides is 2. The van der Waals surface area contributed by atoms with Crippen LogP contribution in [0.2, 0.25) is 0 Å². The normalized spacial score (nSPS) is 16.2. The van der Waals surface area contributed by atoms with E-state index in [9.17, 15) is 9.59 Å². The van der Waals surface area contributed by atoms with Crippen molar-refractivity contribution in [1.29, 1.82) is 0 Å². The number of carbonyl (C=O) groups excluding carboxylic acids is 2. The van der Waals surface area contributed by atoms with Gasteiger partial charge in [-0.1, -0.05) is 0 Å². The molecule has 1 atom stereocenters. The van der Waals surface area contributed by atoms with E-state index >= 15 is 0 Å². The van der Waals surface area contributed by atoms with Crippen molar-refractivity contribution in [3.63, 3.8) is 0 Å². The number of nitrogens with zero attached hydrogens (tertiary/aromatic N) is 3. The molecule has 2 amide bonds. The summed E-state index contributed by atoms with van der Waals surface area (Å²) in [5.41, 5.74) is 2.36. The summed E-state index contributed by atoms with van der Waals surface area (Å²) in [5.74, 6) is 0.386. The molecule has 6 heteroatoms. The Morgan fingerprint density at radius 2 is 2.00 bits per heavy atom. The maximum atomic E-state index is 12.7. The van der Waals surface area contributed by atoms with Gasteiger partial charge in [-0.25, -0.2) is 0 Å². The van der Waals surface area contributed by atoms with Crippen LogP contribution in [0.15, 0.2) is 42.7 Å². The summed E-state index contributed by atoms with van der Waals surface area (Å²) in [5, 5.41) is 0. The average Bonchev–Trinajstić information content (AvgIpc) is 2.64. The van der Waals surface area contributed by atoms with E-state index in [-0.39, 0.29) is 11.8 Å². The summed E-state index contributed by atoms with van der Waals surface area (Å²) in [7, 11) is 3.49. The van der Waals surface area contributed by atoms with Gasteiger partial charge in [-0.15, -0.1) is 0 Å². The van der Waals surface area contributed by atoms with Gasteiger partial charge in [-0.2, -0.15) is 0 Å². The van der Waals surface area contributed by atoms with Crippen molar-refractivity contribution >= 4 is 17.5 Å². The molecule has 0 saturated carbocycles. The van der Waals surface area contributed by atoms with Crippen molar-refractivity contribution in [2.45, 2.75) is 19.4 Å². The fourth-order valence-electron chi connectivity index (χ4n) is 2.82. The van der Waals surface area contributed by atoms with Gasteiger partial charge in [0.2, 0.25) is 0 Å². The number of hydrogen-bond donors (Lipinski definition) is 0. The number of hydrogen-bond acceptors (Lipinski definition) is 4. The number of fused-ring (bicyclic) bond motifs is 1. The second-order valence-electron chi connectivity index (χ2n) is 6.17. The molecule has 0 aliphatic carbocycles. The molecule has 1 unspecified atom stereocenters. The quantitative estimate of drug-likeness (QED) is 0.856. The lowest BCUT2D eigenvalue weighted by Crippen LogP contribution is -2.42. The van der Waals surface area contributed by atoms with E-state index in [0.29, 0.717) is 23.5 Å². The van der Waals surface area contributed by atoms with Crippen molar-refractivity contribution in [2.75, 3.05) is 25.5 Å². The molecule has 0 radical (unpaired) electrons. The Hall–Kier alpha value is -2.89. The lowest BCUT2D eigenvalue weighted by molar-refractivity contribution is -0.125. The van der Waals surface area contributed by atoms with Crippen LogP contribution in [0.4, 0.5) is 5.69 Å². The monoisotopic (exact) mass is 339 g/mol. The number of pyridine rings is 1. The molecule has 25 heavy (non-hydrogen) atoms. The van der Waals surface area contributed by atoms with E-state index < -0.39 is 6.10 Å². The van der Waals surface area contributed by atoms with Crippen molar-refractivity contribution in [1.82, 2.24) is 9.88 Å². The molecule has 2 aromatic rings. The van der Waals surface area contributed by atoms with Gasteiger partial charge in [-0.3, -0.25) is 14.6 Å². The SMILES string of the molecule is CC1Oc2cc(C(=O)N(C)CCc3ccncc3)ccc2N(C)C1=O. The van der Waals surface area contributed by atoms with Crippen molar-refractivity contribution < 1.29 is 14.3 Å². The topological polar surface area (TPSA) is 62.7 Å². The number of carbonyl (C=O) groups is 2. The first-order valence-corrected chi connectivity index (χ1v) is 8.20. The summed E-state index contributed by atoms with van der Waals surface area (Å²) in [6, 6.07) is 9.08. The van der Waals surface area contributed by atoms with Gasteiger partial charge in [0.15, 0.2) is 6.10 Å². The van der Waals surface area contributed by atoms with Crippen LogP contribution in [0, 0.1) is 0 Å². The maximum absolute atomic E-state index is 12.7. The number of rotatable bonds is 4. The molecule has 2 heterocycles. The van der Waals surface area contributed by atoms with Crippen molar-refractivity contribution in [3.05, 3.63) is 53.9 Å². The number of benzene rings is 1. The minimum Gasteiger partial charge on any atom is -0.479 e. The van der Waals surface area contributed by atoms with E-state index in [1.54, 1.807) is 61.4 Å². The third-order valence-electron chi connectivity index (χ3n) is 4.38. The Morgan fingerprint density at radius 3 is 2.72 bits per heavy atom. The van der Waals surface area contributed by atoms with Crippen LogP contribution in [0.1, 0.15) is 22.8 Å². The molecule has 1 aromatic heterocycles. The van der Waals surface area contributed by atoms with E-state index in [1.807, 2.05) is 12.1 Å². The summed E-state index contributed by atoms with van der Waals surface area (Å²) >= 11 is 0. The number of aromatic nitrogens is 1. The second-order valence-corrected chi connectivity index (χ2v) is 6.17. The first-order valence-electron chi connectivity index (χ1n) is 8.20. The smallest absolute Gasteiger partial charge is 0.267 e. The molecule has 0 N–H and O–H groups in total. The highest BCUT2D eigenvalue weighted by atomic mass is 16.5. The van der Waals surface area contributed by atoms with Crippen molar-refractivity contribution in [3.8, 4) is 5.75 Å². The number of anilines is 1. The van der Waals surface area contributed by atoms with Crippen molar-refractivity contribution in [2.24, 2.45) is 0 Å². The Kier molecular flexibility index (Phi) is 4.70. The van der Waals surface area contributed by atoms with E-state index in [4.69, 9.17) is 4.74 Å². The zero-order chi connectivity index (χ0) is 18.0. The Labute approximate surface area is 147 Å². The van der Waals surface area contributed by atoms with Gasteiger partial charge in [-0.05, 0) is 49.2 Å². The lowest BCUT2D eigenvalue weighted by Gasteiger charge is -2.30. The molecule has 0 saturated heterocycles. The molecular formula is C19H21N3O3. The second kappa shape index (κ2) is 6.93. The summed E-state index contributed by atoms with van der Waals surface area (Å²) in [6.45, 7) is 2.31. The first kappa shape index (κ1) is 17.0. The molecule has 1 aliphatic heterocycles. The molecule has 0 bridgehead atoms. The van der Waals surface area contributed by atoms with Gasteiger partial charge >= 0.3 is 0 Å². The Balaban J connectivity index is 1.72. The highest BCUT2D eigenvalue weighted by Crippen LogP contribution is 2.34. The van der Waals surface area contributed by atoms with Gasteiger partial charge in [0, 0.05) is 38.6 Å². The van der Waals surface area contributed by atoms with E-state index in [2.05, 4.69) is 4.98 Å². The summed E-state index contributed by atoms with van der Waals surface area (Å²) < 4.78 is 5.65. The van der Waals surface area contributed by atoms with Gasteiger partial charge in [0.1, 0.15) is 5.75 Å². The third kappa shape index (κ3) is 3.47. The van der Waals surface area contributed by atoms with Gasteiger partial charge in [0.05, 0.1) is 5.69 Å². The van der Waals surface area contributed by atoms with Crippen LogP contribution in [0.25, 0.3) is 0 Å². The molecular weight excluding hydrogens is 318 g/mol. The van der Waals surface area contributed by atoms with E-state index in [1.165, 1.54) is 0 Å². The molecule has 3 rings (SSSR count). The zero-order valence-electron chi connectivity index (χ0n) is 14.6. The third-order valence-corrected chi connectivity index (χ3v) is 4.38. The molecule has 0 spiro atoms.